The van der Waals surface area contributed by atoms with E-state index in [0.717, 1.165) is 31.8 Å². The number of methoxy groups -OCH3 is 2. The van der Waals surface area contributed by atoms with Crippen LogP contribution in [0.2, 0.25) is 0 Å². The predicted molar refractivity (Wildman–Crippen MR) is 82.2 cm³/mol. The van der Waals surface area contributed by atoms with Crippen LogP contribution < -0.4 is 4.74 Å². The lowest BCUT2D eigenvalue weighted by molar-refractivity contribution is -0.141. The van der Waals surface area contributed by atoms with E-state index in [-0.39, 0.29) is 5.97 Å². The van der Waals surface area contributed by atoms with E-state index in [4.69, 9.17) is 9.47 Å². The molecule has 0 N–H and O–H groups in total. The van der Waals surface area contributed by atoms with Gasteiger partial charge in [-0.05, 0) is 56.0 Å². The molecule has 0 aliphatic carbocycles. The number of benzene rings is 1. The zero-order valence-electron chi connectivity index (χ0n) is 13.0. The van der Waals surface area contributed by atoms with Crippen molar-refractivity contribution in [3.8, 4) is 5.75 Å². The highest BCUT2D eigenvalue weighted by molar-refractivity contribution is 5.69. The minimum Gasteiger partial charge on any atom is -0.497 e. The number of ether oxygens (including phenoxy) is 2. The van der Waals surface area contributed by atoms with Crippen LogP contribution in [0.5, 0.6) is 5.75 Å². The van der Waals surface area contributed by atoms with Crippen molar-refractivity contribution in [3.05, 3.63) is 29.8 Å². The van der Waals surface area contributed by atoms with Crippen molar-refractivity contribution >= 4 is 5.97 Å². The highest BCUT2D eigenvalue weighted by Gasteiger charge is 2.20. The lowest BCUT2D eigenvalue weighted by Gasteiger charge is -2.31. The van der Waals surface area contributed by atoms with Crippen molar-refractivity contribution in [2.45, 2.75) is 32.2 Å². The summed E-state index contributed by atoms with van der Waals surface area (Å²) >= 11 is 0. The molecule has 0 saturated carbocycles. The van der Waals surface area contributed by atoms with Crippen LogP contribution in [0.3, 0.4) is 0 Å². The third-order valence-electron chi connectivity index (χ3n) is 4.26. The second kappa shape index (κ2) is 8.03. The fourth-order valence-corrected chi connectivity index (χ4v) is 2.85. The van der Waals surface area contributed by atoms with Gasteiger partial charge >= 0.3 is 5.97 Å². The standard InChI is InChI=1S/C17H25NO3/c1-20-16-6-3-15(4-7-16)13-18-11-9-14(10-12-18)5-8-17(19)21-2/h3-4,6-7,14H,5,8-13H2,1-2H3. The molecule has 1 aliphatic heterocycles. The Morgan fingerprint density at radius 1 is 1.19 bits per heavy atom. The van der Waals surface area contributed by atoms with E-state index in [1.54, 1.807) is 7.11 Å². The van der Waals surface area contributed by atoms with E-state index in [1.165, 1.54) is 25.5 Å². The van der Waals surface area contributed by atoms with Crippen LogP contribution in [-0.4, -0.2) is 38.2 Å². The molecular formula is C17H25NO3. The summed E-state index contributed by atoms with van der Waals surface area (Å²) in [6, 6.07) is 8.28. The van der Waals surface area contributed by atoms with Gasteiger partial charge in [-0.2, -0.15) is 0 Å². The molecule has 116 valence electrons. The lowest BCUT2D eigenvalue weighted by atomic mass is 9.92. The van der Waals surface area contributed by atoms with Crippen molar-refractivity contribution in [1.29, 1.82) is 0 Å². The zero-order valence-corrected chi connectivity index (χ0v) is 13.0. The molecule has 0 aromatic heterocycles. The van der Waals surface area contributed by atoms with Crippen LogP contribution in [0.25, 0.3) is 0 Å². The van der Waals surface area contributed by atoms with Gasteiger partial charge in [0, 0.05) is 13.0 Å². The average molecular weight is 291 g/mol. The van der Waals surface area contributed by atoms with E-state index in [0.29, 0.717) is 12.3 Å². The highest BCUT2D eigenvalue weighted by Crippen LogP contribution is 2.23. The van der Waals surface area contributed by atoms with Gasteiger partial charge in [0.25, 0.3) is 0 Å². The Morgan fingerprint density at radius 2 is 1.86 bits per heavy atom. The number of likely N-dealkylation sites (tertiary alicyclic amines) is 1. The summed E-state index contributed by atoms with van der Waals surface area (Å²) < 4.78 is 9.88. The number of esters is 1. The summed E-state index contributed by atoms with van der Waals surface area (Å²) in [6.45, 7) is 3.21. The van der Waals surface area contributed by atoms with Crippen molar-refractivity contribution in [1.82, 2.24) is 4.90 Å². The molecule has 0 spiro atoms. The van der Waals surface area contributed by atoms with E-state index in [1.807, 2.05) is 12.1 Å². The van der Waals surface area contributed by atoms with Gasteiger partial charge in [0.1, 0.15) is 5.75 Å². The quantitative estimate of drug-likeness (QED) is 0.756. The highest BCUT2D eigenvalue weighted by atomic mass is 16.5. The summed E-state index contributed by atoms with van der Waals surface area (Å²) in [6.07, 6.45) is 3.86. The zero-order chi connectivity index (χ0) is 15.1. The summed E-state index contributed by atoms with van der Waals surface area (Å²) in [5.74, 6) is 1.48. The molecular weight excluding hydrogens is 266 g/mol. The molecule has 21 heavy (non-hydrogen) atoms. The first-order valence-electron chi connectivity index (χ1n) is 7.63. The lowest BCUT2D eigenvalue weighted by Crippen LogP contribution is -2.33. The Balaban J connectivity index is 1.72. The maximum atomic E-state index is 11.2. The van der Waals surface area contributed by atoms with E-state index in [2.05, 4.69) is 17.0 Å². The number of carbonyl (C=O) groups excluding carboxylic acids is 1. The first-order chi connectivity index (χ1) is 10.2. The molecule has 1 heterocycles. The fourth-order valence-electron chi connectivity index (χ4n) is 2.85. The number of hydrogen-bond donors (Lipinski definition) is 0. The maximum Gasteiger partial charge on any atom is 0.305 e. The first-order valence-corrected chi connectivity index (χ1v) is 7.63. The summed E-state index contributed by atoms with van der Waals surface area (Å²) in [5, 5.41) is 0. The number of piperidine rings is 1. The molecule has 4 nitrogen and oxygen atoms in total. The van der Waals surface area contributed by atoms with Crippen LogP contribution in [0, 0.1) is 5.92 Å². The molecule has 0 unspecified atom stereocenters. The van der Waals surface area contributed by atoms with Gasteiger partial charge in [-0.15, -0.1) is 0 Å². The number of hydrogen-bond acceptors (Lipinski definition) is 4. The Morgan fingerprint density at radius 3 is 2.43 bits per heavy atom. The molecule has 1 aromatic carbocycles. The largest absolute Gasteiger partial charge is 0.497 e. The monoisotopic (exact) mass is 291 g/mol. The van der Waals surface area contributed by atoms with Gasteiger partial charge in [-0.3, -0.25) is 9.69 Å². The number of rotatable bonds is 6. The van der Waals surface area contributed by atoms with Gasteiger partial charge in [-0.1, -0.05) is 12.1 Å². The smallest absolute Gasteiger partial charge is 0.305 e. The molecule has 1 aliphatic rings. The molecule has 1 aromatic rings. The molecule has 1 fully saturated rings. The Labute approximate surface area is 127 Å². The van der Waals surface area contributed by atoms with Crippen molar-refractivity contribution < 1.29 is 14.3 Å². The van der Waals surface area contributed by atoms with Gasteiger partial charge in [0.05, 0.1) is 14.2 Å². The molecule has 0 amide bonds. The van der Waals surface area contributed by atoms with Gasteiger partial charge in [0.2, 0.25) is 0 Å². The Hall–Kier alpha value is -1.55. The van der Waals surface area contributed by atoms with Crippen LogP contribution in [0.4, 0.5) is 0 Å². The number of carbonyl (C=O) groups is 1. The summed E-state index contributed by atoms with van der Waals surface area (Å²) in [4.78, 5) is 13.7. The maximum absolute atomic E-state index is 11.2. The summed E-state index contributed by atoms with van der Waals surface area (Å²) in [5.41, 5.74) is 1.32. The minimum atomic E-state index is -0.0873. The second-order valence-corrected chi connectivity index (χ2v) is 5.68. The second-order valence-electron chi connectivity index (χ2n) is 5.68. The third-order valence-corrected chi connectivity index (χ3v) is 4.26. The fraction of sp³-hybridized carbons (Fsp3) is 0.588. The van der Waals surface area contributed by atoms with Crippen LogP contribution in [0.1, 0.15) is 31.2 Å². The predicted octanol–water partition coefficient (Wildman–Crippen LogP) is 2.86. The first kappa shape index (κ1) is 15.8. The van der Waals surface area contributed by atoms with Gasteiger partial charge < -0.3 is 9.47 Å². The summed E-state index contributed by atoms with van der Waals surface area (Å²) in [7, 11) is 3.15. The van der Waals surface area contributed by atoms with Gasteiger partial charge in [0.15, 0.2) is 0 Å². The topological polar surface area (TPSA) is 38.8 Å². The van der Waals surface area contributed by atoms with E-state index < -0.39 is 0 Å². The average Bonchev–Trinajstić information content (AvgIpc) is 2.54. The van der Waals surface area contributed by atoms with E-state index >= 15 is 0 Å². The molecule has 0 atom stereocenters. The molecule has 0 radical (unpaired) electrons. The Kier molecular flexibility index (Phi) is 6.05. The van der Waals surface area contributed by atoms with Crippen LogP contribution >= 0.6 is 0 Å². The van der Waals surface area contributed by atoms with Crippen LogP contribution in [-0.2, 0) is 16.1 Å². The number of nitrogens with zero attached hydrogens (tertiary/aromatic N) is 1. The third kappa shape index (κ3) is 5.05. The minimum absolute atomic E-state index is 0.0873. The van der Waals surface area contributed by atoms with Crippen molar-refractivity contribution in [3.63, 3.8) is 0 Å². The molecule has 2 rings (SSSR count). The molecule has 0 bridgehead atoms. The van der Waals surface area contributed by atoms with E-state index in [9.17, 15) is 4.79 Å². The van der Waals surface area contributed by atoms with Crippen molar-refractivity contribution in [2.24, 2.45) is 5.92 Å². The molecule has 4 heteroatoms. The van der Waals surface area contributed by atoms with Crippen molar-refractivity contribution in [2.75, 3.05) is 27.3 Å². The molecule has 1 saturated heterocycles. The normalized spacial score (nSPS) is 16.7. The van der Waals surface area contributed by atoms with Gasteiger partial charge in [-0.25, -0.2) is 0 Å². The SMILES string of the molecule is COC(=O)CCC1CCN(Cc2ccc(OC)cc2)CC1. The Bertz CT molecular complexity index is 436. The van der Waals surface area contributed by atoms with Crippen LogP contribution in [0.15, 0.2) is 24.3 Å².